The Kier molecular flexibility index (Phi) is 3.70. The largest absolute Gasteiger partial charge is 0.497 e. The van der Waals surface area contributed by atoms with Crippen molar-refractivity contribution in [2.75, 3.05) is 13.7 Å². The predicted octanol–water partition coefficient (Wildman–Crippen LogP) is 3.72. The van der Waals surface area contributed by atoms with Crippen LogP contribution in [0.3, 0.4) is 0 Å². The number of aromatic amines is 1. The van der Waals surface area contributed by atoms with Gasteiger partial charge in [-0.2, -0.15) is 0 Å². The van der Waals surface area contributed by atoms with Crippen molar-refractivity contribution in [3.63, 3.8) is 0 Å². The van der Waals surface area contributed by atoms with Gasteiger partial charge in [0.2, 0.25) is 0 Å². The van der Waals surface area contributed by atoms with Crippen molar-refractivity contribution in [2.45, 2.75) is 38.5 Å². The summed E-state index contributed by atoms with van der Waals surface area (Å²) in [5, 5.41) is 1.28. The summed E-state index contributed by atoms with van der Waals surface area (Å²) in [5.41, 5.74) is 9.99. The van der Waals surface area contributed by atoms with Crippen LogP contribution in [0.15, 0.2) is 18.2 Å². The number of H-pyrrole nitrogens is 1. The highest BCUT2D eigenvalue weighted by atomic mass is 16.5. The van der Waals surface area contributed by atoms with Crippen LogP contribution in [0.2, 0.25) is 0 Å². The van der Waals surface area contributed by atoms with Gasteiger partial charge < -0.3 is 15.5 Å². The molecule has 2 aromatic rings. The fraction of sp³-hybridized carbons (Fsp3) is 0.529. The SMILES string of the molecule is COc1ccc2[nH]c(C)c(C(CN)C3CCCC3)c2c1. The molecule has 0 amide bonds. The highest BCUT2D eigenvalue weighted by molar-refractivity contribution is 5.86. The van der Waals surface area contributed by atoms with Crippen molar-refractivity contribution in [3.8, 4) is 5.75 Å². The Hall–Kier alpha value is -1.48. The van der Waals surface area contributed by atoms with E-state index in [0.29, 0.717) is 5.92 Å². The number of fused-ring (bicyclic) bond motifs is 1. The number of benzene rings is 1. The average Bonchev–Trinajstić information content (AvgIpc) is 3.08. The molecule has 3 N–H and O–H groups in total. The Morgan fingerprint density at radius 1 is 1.35 bits per heavy atom. The molecule has 1 aliphatic rings. The molecule has 3 rings (SSSR count). The molecule has 1 aliphatic carbocycles. The summed E-state index contributed by atoms with van der Waals surface area (Å²) in [5.74, 6) is 2.13. The van der Waals surface area contributed by atoms with Gasteiger partial charge in [0.25, 0.3) is 0 Å². The highest BCUT2D eigenvalue weighted by Crippen LogP contribution is 2.41. The number of rotatable bonds is 4. The van der Waals surface area contributed by atoms with E-state index in [1.165, 1.54) is 47.8 Å². The number of nitrogens with two attached hydrogens (primary N) is 1. The monoisotopic (exact) mass is 272 g/mol. The third kappa shape index (κ3) is 2.20. The van der Waals surface area contributed by atoms with Crippen LogP contribution >= 0.6 is 0 Å². The van der Waals surface area contributed by atoms with Gasteiger partial charge in [-0.25, -0.2) is 0 Å². The Balaban J connectivity index is 2.09. The quantitative estimate of drug-likeness (QED) is 0.891. The minimum absolute atomic E-state index is 0.471. The molecule has 1 aromatic carbocycles. The molecule has 108 valence electrons. The second kappa shape index (κ2) is 5.49. The molecule has 0 bridgehead atoms. The molecule has 0 radical (unpaired) electrons. The number of aromatic nitrogens is 1. The van der Waals surface area contributed by atoms with Gasteiger partial charge in [-0.05, 0) is 56.0 Å². The molecule has 1 saturated carbocycles. The van der Waals surface area contributed by atoms with E-state index in [0.717, 1.165) is 18.2 Å². The zero-order valence-electron chi connectivity index (χ0n) is 12.4. The van der Waals surface area contributed by atoms with Gasteiger partial charge in [-0.15, -0.1) is 0 Å². The molecule has 1 aromatic heterocycles. The Morgan fingerprint density at radius 2 is 2.10 bits per heavy atom. The lowest BCUT2D eigenvalue weighted by Crippen LogP contribution is -2.20. The number of ether oxygens (including phenoxy) is 1. The van der Waals surface area contributed by atoms with Gasteiger partial charge in [0.1, 0.15) is 5.75 Å². The van der Waals surface area contributed by atoms with Crippen molar-refractivity contribution >= 4 is 10.9 Å². The summed E-state index contributed by atoms with van der Waals surface area (Å²) < 4.78 is 5.38. The summed E-state index contributed by atoms with van der Waals surface area (Å²) in [6.07, 6.45) is 5.34. The van der Waals surface area contributed by atoms with E-state index in [-0.39, 0.29) is 0 Å². The summed E-state index contributed by atoms with van der Waals surface area (Å²) in [6.45, 7) is 2.90. The first kappa shape index (κ1) is 13.5. The van der Waals surface area contributed by atoms with E-state index in [1.54, 1.807) is 7.11 Å². The van der Waals surface area contributed by atoms with Crippen molar-refractivity contribution in [1.29, 1.82) is 0 Å². The van der Waals surface area contributed by atoms with Crippen LogP contribution in [0, 0.1) is 12.8 Å². The lowest BCUT2D eigenvalue weighted by atomic mass is 9.83. The molecule has 1 fully saturated rings. The Labute approximate surface area is 120 Å². The number of methoxy groups -OCH3 is 1. The number of hydrogen-bond donors (Lipinski definition) is 2. The maximum Gasteiger partial charge on any atom is 0.119 e. The molecular formula is C17H24N2O. The van der Waals surface area contributed by atoms with Crippen LogP contribution in [0.1, 0.15) is 42.9 Å². The first-order valence-electron chi connectivity index (χ1n) is 7.61. The lowest BCUT2D eigenvalue weighted by molar-refractivity contribution is 0.415. The van der Waals surface area contributed by atoms with Gasteiger partial charge in [0.15, 0.2) is 0 Å². The first-order valence-corrected chi connectivity index (χ1v) is 7.61. The minimum atomic E-state index is 0.471. The van der Waals surface area contributed by atoms with Crippen LogP contribution in [-0.4, -0.2) is 18.6 Å². The van der Waals surface area contributed by atoms with E-state index < -0.39 is 0 Å². The van der Waals surface area contributed by atoms with Crippen LogP contribution in [0.4, 0.5) is 0 Å². The maximum absolute atomic E-state index is 6.13. The topological polar surface area (TPSA) is 51.0 Å². The van der Waals surface area contributed by atoms with Gasteiger partial charge in [0, 0.05) is 22.5 Å². The Morgan fingerprint density at radius 3 is 2.75 bits per heavy atom. The van der Waals surface area contributed by atoms with Crippen molar-refractivity contribution in [3.05, 3.63) is 29.5 Å². The molecule has 3 nitrogen and oxygen atoms in total. The second-order valence-electron chi connectivity index (χ2n) is 5.96. The van der Waals surface area contributed by atoms with E-state index in [1.807, 2.05) is 6.07 Å². The smallest absolute Gasteiger partial charge is 0.119 e. The zero-order chi connectivity index (χ0) is 14.1. The van der Waals surface area contributed by atoms with Crippen molar-refractivity contribution < 1.29 is 4.74 Å². The van der Waals surface area contributed by atoms with E-state index in [4.69, 9.17) is 10.5 Å². The van der Waals surface area contributed by atoms with E-state index in [2.05, 4.69) is 24.0 Å². The minimum Gasteiger partial charge on any atom is -0.497 e. The third-order valence-electron chi connectivity index (χ3n) is 4.84. The fourth-order valence-corrected chi connectivity index (χ4v) is 3.84. The molecule has 1 unspecified atom stereocenters. The van der Waals surface area contributed by atoms with Crippen LogP contribution in [-0.2, 0) is 0 Å². The summed E-state index contributed by atoms with van der Waals surface area (Å²) in [4.78, 5) is 3.51. The number of hydrogen-bond acceptors (Lipinski definition) is 2. The molecule has 1 heterocycles. The summed E-state index contributed by atoms with van der Waals surface area (Å²) in [7, 11) is 1.72. The average molecular weight is 272 g/mol. The molecule has 0 spiro atoms. The van der Waals surface area contributed by atoms with E-state index >= 15 is 0 Å². The highest BCUT2D eigenvalue weighted by Gasteiger charge is 2.28. The van der Waals surface area contributed by atoms with Gasteiger partial charge in [0.05, 0.1) is 7.11 Å². The summed E-state index contributed by atoms with van der Waals surface area (Å²) >= 11 is 0. The molecule has 20 heavy (non-hydrogen) atoms. The third-order valence-corrected chi connectivity index (χ3v) is 4.84. The molecule has 0 saturated heterocycles. The van der Waals surface area contributed by atoms with Crippen LogP contribution in [0.25, 0.3) is 10.9 Å². The second-order valence-corrected chi connectivity index (χ2v) is 5.96. The molecule has 3 heteroatoms. The van der Waals surface area contributed by atoms with Crippen molar-refractivity contribution in [2.24, 2.45) is 11.7 Å². The van der Waals surface area contributed by atoms with E-state index in [9.17, 15) is 0 Å². The fourth-order valence-electron chi connectivity index (χ4n) is 3.84. The maximum atomic E-state index is 6.13. The summed E-state index contributed by atoms with van der Waals surface area (Å²) in [6, 6.07) is 6.26. The predicted molar refractivity (Wildman–Crippen MR) is 83.3 cm³/mol. The van der Waals surface area contributed by atoms with Crippen LogP contribution in [0.5, 0.6) is 5.75 Å². The van der Waals surface area contributed by atoms with Crippen LogP contribution < -0.4 is 10.5 Å². The molecular weight excluding hydrogens is 248 g/mol. The Bertz CT molecular complexity index is 596. The number of aryl methyl sites for hydroxylation is 1. The standard InChI is InChI=1S/C17H24N2O/c1-11-17(15(10-18)12-5-3-4-6-12)14-9-13(20-2)7-8-16(14)19-11/h7-9,12,15,19H,3-6,10,18H2,1-2H3. The normalized spacial score (nSPS) is 17.8. The van der Waals surface area contributed by atoms with Gasteiger partial charge in [-0.1, -0.05) is 12.8 Å². The van der Waals surface area contributed by atoms with Crippen molar-refractivity contribution in [1.82, 2.24) is 4.98 Å². The molecule has 0 aliphatic heterocycles. The lowest BCUT2D eigenvalue weighted by Gasteiger charge is -2.22. The van der Waals surface area contributed by atoms with Gasteiger partial charge >= 0.3 is 0 Å². The van der Waals surface area contributed by atoms with Gasteiger partial charge in [-0.3, -0.25) is 0 Å². The first-order chi connectivity index (χ1) is 9.74. The molecule has 1 atom stereocenters. The number of nitrogens with one attached hydrogen (secondary N) is 1. The zero-order valence-corrected chi connectivity index (χ0v) is 12.4.